The summed E-state index contributed by atoms with van der Waals surface area (Å²) in [5.74, 6) is 1.61. The van der Waals surface area contributed by atoms with Gasteiger partial charge in [0.05, 0.1) is 11.3 Å². The van der Waals surface area contributed by atoms with Crippen LogP contribution in [0, 0.1) is 24.8 Å². The molecule has 46 heavy (non-hydrogen) atoms. The molecule has 0 spiro atoms. The number of fused-ring (bicyclic) bond motifs is 4. The van der Waals surface area contributed by atoms with Crippen LogP contribution in [0.4, 0.5) is 0 Å². The summed E-state index contributed by atoms with van der Waals surface area (Å²) in [6, 6.07) is 22.7. The molecule has 0 unspecified atom stereocenters. The summed E-state index contributed by atoms with van der Waals surface area (Å²) in [5.41, 5.74) is 6.24. The molecule has 3 aromatic carbocycles. The summed E-state index contributed by atoms with van der Waals surface area (Å²) >= 11 is 0. The normalized spacial score (nSPS) is 18.2. The molecule has 241 valence electrons. The van der Waals surface area contributed by atoms with E-state index >= 15 is 0 Å². The van der Waals surface area contributed by atoms with Crippen LogP contribution in [0.25, 0.3) is 44.0 Å². The first kappa shape index (κ1) is 32.7. The largest absolute Gasteiger partial charge is 0.512 e. The van der Waals surface area contributed by atoms with Gasteiger partial charge in [-0.1, -0.05) is 105 Å². The quantitative estimate of drug-likeness (QED) is 0.109. The van der Waals surface area contributed by atoms with Gasteiger partial charge in [-0.3, -0.25) is 4.79 Å². The summed E-state index contributed by atoms with van der Waals surface area (Å²) in [5, 5.41) is 14.6. The number of benzene rings is 3. The molecule has 1 radical (unpaired) electrons. The van der Waals surface area contributed by atoms with Gasteiger partial charge in [-0.25, -0.2) is 0 Å². The second kappa shape index (κ2) is 14.7. The van der Waals surface area contributed by atoms with Crippen LogP contribution < -0.4 is 0 Å². The molecule has 3 aliphatic carbocycles. The summed E-state index contributed by atoms with van der Waals surface area (Å²) in [7, 11) is 0. The number of para-hydroxylation sites is 1. The zero-order valence-corrected chi connectivity index (χ0v) is 29.2. The van der Waals surface area contributed by atoms with Gasteiger partial charge in [0.1, 0.15) is 5.58 Å². The molecule has 1 N–H and O–H groups in total. The van der Waals surface area contributed by atoms with E-state index in [1.165, 1.54) is 80.2 Å². The predicted molar refractivity (Wildman–Crippen MR) is 183 cm³/mol. The van der Waals surface area contributed by atoms with E-state index in [-0.39, 0.29) is 37.7 Å². The van der Waals surface area contributed by atoms with Crippen LogP contribution in [0.15, 0.2) is 77.0 Å². The van der Waals surface area contributed by atoms with E-state index < -0.39 is 0 Å². The Labute approximate surface area is 286 Å². The number of furan rings is 1. The van der Waals surface area contributed by atoms with E-state index in [1.807, 2.05) is 12.1 Å². The van der Waals surface area contributed by atoms with Crippen molar-refractivity contribution in [3.63, 3.8) is 0 Å². The van der Waals surface area contributed by atoms with E-state index in [4.69, 9.17) is 9.40 Å². The number of aryl methyl sites for hydroxylation is 1. The Hall–Kier alpha value is -3.27. The van der Waals surface area contributed by atoms with Crippen LogP contribution >= 0.6 is 0 Å². The molecule has 5 aromatic rings. The van der Waals surface area contributed by atoms with Gasteiger partial charge < -0.3 is 14.5 Å². The summed E-state index contributed by atoms with van der Waals surface area (Å²) < 4.78 is 6.32. The first-order valence-electron chi connectivity index (χ1n) is 17.2. The first-order chi connectivity index (χ1) is 22.1. The van der Waals surface area contributed by atoms with E-state index in [1.54, 1.807) is 0 Å². The third kappa shape index (κ3) is 6.73. The van der Waals surface area contributed by atoms with Crippen molar-refractivity contribution >= 4 is 38.5 Å². The number of carbonyl (C=O) groups excluding carboxylic acids is 1. The monoisotopic (exact) mass is 791 g/mol. The number of aromatic nitrogens is 1. The fraction of sp³-hybridized carbons (Fsp3) is 0.415. The number of rotatable bonds is 5. The Kier molecular flexibility index (Phi) is 10.4. The van der Waals surface area contributed by atoms with Gasteiger partial charge in [0, 0.05) is 49.6 Å². The molecule has 0 saturated heterocycles. The average molecular weight is 791 g/mol. The van der Waals surface area contributed by atoms with Crippen molar-refractivity contribution in [3.8, 4) is 11.3 Å². The molecule has 0 amide bonds. The number of carbonyl (C=O) groups is 1. The van der Waals surface area contributed by atoms with Crippen molar-refractivity contribution in [1.82, 2.24) is 4.98 Å². The Morgan fingerprint density at radius 1 is 0.804 bits per heavy atom. The molecule has 3 aliphatic rings. The van der Waals surface area contributed by atoms with Crippen molar-refractivity contribution in [3.05, 3.63) is 89.8 Å². The number of aliphatic hydroxyl groups excluding tert-OH is 1. The Morgan fingerprint density at radius 3 is 2.13 bits per heavy atom. The number of nitrogens with zero attached hydrogens (tertiary/aromatic N) is 1. The Balaban J connectivity index is 0.000000197. The fourth-order valence-electron chi connectivity index (χ4n) is 8.03. The molecule has 0 atom stereocenters. The molecular formula is C41H44IrNO3-. The van der Waals surface area contributed by atoms with Crippen LogP contribution in [0.3, 0.4) is 0 Å². The number of allylic oxidation sites excluding steroid dienone is 2. The molecule has 2 aromatic heterocycles. The van der Waals surface area contributed by atoms with Crippen molar-refractivity contribution in [2.45, 2.75) is 96.3 Å². The molecule has 0 bridgehead atoms. The first-order valence-corrected chi connectivity index (χ1v) is 17.2. The van der Waals surface area contributed by atoms with Gasteiger partial charge in [0.2, 0.25) is 0 Å². The molecule has 4 nitrogen and oxygen atoms in total. The smallest absolute Gasteiger partial charge is 0.162 e. The zero-order valence-electron chi connectivity index (χ0n) is 26.8. The maximum absolute atomic E-state index is 11.8. The zero-order chi connectivity index (χ0) is 30.8. The van der Waals surface area contributed by atoms with Gasteiger partial charge >= 0.3 is 0 Å². The third-order valence-electron chi connectivity index (χ3n) is 10.5. The Bertz CT molecular complexity index is 1850. The topological polar surface area (TPSA) is 63.3 Å². The van der Waals surface area contributed by atoms with Crippen LogP contribution in [0.5, 0.6) is 0 Å². The van der Waals surface area contributed by atoms with Crippen molar-refractivity contribution in [2.24, 2.45) is 11.8 Å². The number of aliphatic hydroxyl groups is 1. The van der Waals surface area contributed by atoms with Crippen molar-refractivity contribution in [2.75, 3.05) is 0 Å². The van der Waals surface area contributed by atoms with Crippen LogP contribution in [-0.4, -0.2) is 15.9 Å². The van der Waals surface area contributed by atoms with Gasteiger partial charge in [-0.15, -0.1) is 17.7 Å². The van der Waals surface area contributed by atoms with Crippen molar-refractivity contribution in [1.29, 1.82) is 0 Å². The summed E-state index contributed by atoms with van der Waals surface area (Å²) in [6.45, 7) is 2.10. The van der Waals surface area contributed by atoms with Crippen LogP contribution in [-0.2, 0) is 24.9 Å². The van der Waals surface area contributed by atoms with Crippen LogP contribution in [0.1, 0.15) is 101 Å². The number of pyridine rings is 1. The van der Waals surface area contributed by atoms with Gasteiger partial charge in [-0.05, 0) is 72.5 Å². The summed E-state index contributed by atoms with van der Waals surface area (Å²) in [4.78, 5) is 16.8. The molecule has 3 fully saturated rings. The fourth-order valence-corrected chi connectivity index (χ4v) is 8.03. The molecule has 0 aliphatic heterocycles. The van der Waals surface area contributed by atoms with Crippen molar-refractivity contribution < 1.29 is 34.4 Å². The van der Waals surface area contributed by atoms with E-state index in [2.05, 4.69) is 61.7 Å². The average Bonchev–Trinajstić information content (AvgIpc) is 3.87. The third-order valence-corrected chi connectivity index (χ3v) is 10.5. The molecule has 5 heteroatoms. The minimum Gasteiger partial charge on any atom is -0.512 e. The van der Waals surface area contributed by atoms with Gasteiger partial charge in [0.25, 0.3) is 0 Å². The predicted octanol–water partition coefficient (Wildman–Crippen LogP) is 11.3. The maximum Gasteiger partial charge on any atom is 0.162 e. The number of hydrogen-bond acceptors (Lipinski definition) is 4. The minimum atomic E-state index is 0. The molecular weight excluding hydrogens is 747 g/mol. The van der Waals surface area contributed by atoms with Gasteiger partial charge in [-0.2, -0.15) is 0 Å². The number of hydrogen-bond donors (Lipinski definition) is 1. The van der Waals surface area contributed by atoms with Crippen LogP contribution in [0.2, 0.25) is 0 Å². The molecule has 8 rings (SSSR count). The molecule has 2 heterocycles. The molecule has 3 saturated carbocycles. The minimum absolute atomic E-state index is 0. The van der Waals surface area contributed by atoms with E-state index in [0.29, 0.717) is 11.7 Å². The van der Waals surface area contributed by atoms with E-state index in [0.717, 1.165) is 64.4 Å². The SMILES string of the molecule is Cc1[c-]c(-c2ncc(C3CCCCC3)c3ccccc23)c2oc3ccccc3c2c1.O=C(/C=C(\O)C1CCCC1)C1CCCC1.[Ir]. The van der Waals surface area contributed by atoms with E-state index in [9.17, 15) is 9.90 Å². The second-order valence-corrected chi connectivity index (χ2v) is 13.5. The summed E-state index contributed by atoms with van der Waals surface area (Å²) in [6.07, 6.45) is 19.1. The Morgan fingerprint density at radius 2 is 1.41 bits per heavy atom. The van der Waals surface area contributed by atoms with Gasteiger partial charge in [0.15, 0.2) is 5.78 Å². The second-order valence-electron chi connectivity index (χ2n) is 13.5. The number of ketones is 1. The standard InChI is InChI=1S/C28H24NO.C13H20O2.Ir/c1-18-15-23-21-12-7-8-14-26(21)30-28(23)24(16-18)27-22-13-6-5-11-20(22)25(17-29-27)19-9-3-2-4-10-19;14-12(10-5-1-2-6-10)9-13(15)11-7-3-4-8-11;/h5-8,11-15,17,19H,2-4,9-10H2,1H3;9-11,14H,1-8H2;/q-1;;/b;12-9-;. The maximum atomic E-state index is 11.8.